The molecule has 0 heterocycles. The van der Waals surface area contributed by atoms with E-state index in [-0.39, 0.29) is 0 Å². The van der Waals surface area contributed by atoms with Crippen LogP contribution in [0.3, 0.4) is 0 Å². The lowest BCUT2D eigenvalue weighted by molar-refractivity contribution is 0.463. The molecule has 1 fully saturated rings. The molecule has 0 unspecified atom stereocenters. The fourth-order valence-corrected chi connectivity index (χ4v) is 2.58. The molecule has 0 saturated heterocycles. The fraction of sp³-hybridized carbons (Fsp3) is 0.750. The summed E-state index contributed by atoms with van der Waals surface area (Å²) in [6, 6.07) is 0. The van der Waals surface area contributed by atoms with Crippen molar-refractivity contribution >= 4 is 22.6 Å². The zero-order valence-corrected chi connectivity index (χ0v) is 8.23. The number of halogens is 1. The van der Waals surface area contributed by atoms with Crippen LogP contribution >= 0.6 is 22.6 Å². The van der Waals surface area contributed by atoms with E-state index in [0.29, 0.717) is 5.41 Å². The first-order valence-electron chi connectivity index (χ1n) is 3.46. The maximum atomic E-state index is 2.35. The lowest BCUT2D eigenvalue weighted by atomic mass is 9.88. The van der Waals surface area contributed by atoms with Gasteiger partial charge in [-0.15, -0.1) is 0 Å². The molecule has 52 valence electrons. The Kier molecular flexibility index (Phi) is 2.19. The Balaban J connectivity index is 2.75. The highest BCUT2D eigenvalue weighted by Crippen LogP contribution is 2.42. The second kappa shape index (κ2) is 2.60. The van der Waals surface area contributed by atoms with Gasteiger partial charge in [0, 0.05) is 0 Å². The molecule has 1 aliphatic carbocycles. The largest absolute Gasteiger partial charge is 0.0585 e. The van der Waals surface area contributed by atoms with Gasteiger partial charge in [-0.3, -0.25) is 0 Å². The molecule has 0 aromatic rings. The molecule has 0 N–H and O–H groups in total. The average Bonchev–Trinajstić information content (AvgIpc) is 2.08. The van der Waals surface area contributed by atoms with Crippen molar-refractivity contribution in [1.82, 2.24) is 0 Å². The van der Waals surface area contributed by atoms with Gasteiger partial charge in [0.1, 0.15) is 0 Å². The maximum Gasteiger partial charge on any atom is -0.0137 e. The van der Waals surface area contributed by atoms with Crippen molar-refractivity contribution in [3.63, 3.8) is 0 Å². The predicted molar refractivity (Wildman–Crippen MR) is 49.7 cm³/mol. The Morgan fingerprint density at radius 3 is 2.44 bits per heavy atom. The molecule has 1 rings (SSSR count). The van der Waals surface area contributed by atoms with Gasteiger partial charge in [0.25, 0.3) is 0 Å². The van der Waals surface area contributed by atoms with E-state index in [2.05, 4.69) is 40.5 Å². The van der Waals surface area contributed by atoms with Crippen LogP contribution in [0.25, 0.3) is 0 Å². The second-order valence-corrected chi connectivity index (χ2v) is 3.99. The zero-order valence-electron chi connectivity index (χ0n) is 6.08. The molecule has 1 heteroatoms. The first-order chi connectivity index (χ1) is 4.17. The minimum absolute atomic E-state index is 0.515. The third-order valence-electron chi connectivity index (χ3n) is 2.25. The van der Waals surface area contributed by atoms with Crippen molar-refractivity contribution in [3.8, 4) is 0 Å². The van der Waals surface area contributed by atoms with Gasteiger partial charge in [-0.2, -0.15) is 0 Å². The van der Waals surface area contributed by atoms with Gasteiger partial charge in [-0.25, -0.2) is 0 Å². The Labute approximate surface area is 70.9 Å². The molecular formula is C8H13I. The Bertz CT molecular complexity index is 134. The predicted octanol–water partition coefficient (Wildman–Crippen LogP) is 3.52. The van der Waals surface area contributed by atoms with E-state index in [1.54, 1.807) is 5.57 Å². The number of rotatable bonds is 0. The monoisotopic (exact) mass is 236 g/mol. The van der Waals surface area contributed by atoms with Crippen LogP contribution in [0, 0.1) is 5.41 Å². The van der Waals surface area contributed by atoms with Crippen molar-refractivity contribution < 1.29 is 0 Å². The van der Waals surface area contributed by atoms with Crippen LogP contribution in [-0.2, 0) is 0 Å². The highest BCUT2D eigenvalue weighted by molar-refractivity contribution is 14.1. The van der Waals surface area contributed by atoms with E-state index in [9.17, 15) is 0 Å². The van der Waals surface area contributed by atoms with Gasteiger partial charge < -0.3 is 0 Å². The van der Waals surface area contributed by atoms with Crippen molar-refractivity contribution in [1.29, 1.82) is 0 Å². The fourth-order valence-electron chi connectivity index (χ4n) is 1.42. The molecule has 1 saturated carbocycles. The highest BCUT2D eigenvalue weighted by Gasteiger charge is 2.27. The Hall–Kier alpha value is 0.470. The van der Waals surface area contributed by atoms with Crippen LogP contribution in [0.4, 0.5) is 0 Å². The molecule has 0 atom stereocenters. The molecule has 0 aliphatic heterocycles. The average molecular weight is 236 g/mol. The van der Waals surface area contributed by atoms with E-state index in [4.69, 9.17) is 0 Å². The zero-order chi connectivity index (χ0) is 6.91. The molecule has 9 heavy (non-hydrogen) atoms. The summed E-state index contributed by atoms with van der Waals surface area (Å²) in [4.78, 5) is 0. The van der Waals surface area contributed by atoms with E-state index >= 15 is 0 Å². The summed E-state index contributed by atoms with van der Waals surface area (Å²) in [7, 11) is 0. The summed E-state index contributed by atoms with van der Waals surface area (Å²) in [5, 5.41) is 0. The van der Waals surface area contributed by atoms with Crippen LogP contribution < -0.4 is 0 Å². The first kappa shape index (κ1) is 7.58. The van der Waals surface area contributed by atoms with Gasteiger partial charge >= 0.3 is 0 Å². The van der Waals surface area contributed by atoms with Gasteiger partial charge in [-0.05, 0) is 28.8 Å². The van der Waals surface area contributed by atoms with Crippen molar-refractivity contribution in [3.05, 3.63) is 9.66 Å². The maximum absolute atomic E-state index is 2.35. The standard InChI is InChI=1S/C8H13I/c1-8(2)5-3-4-7(8)6-9/h6H,3-5H2,1-2H3/b7-6+. The lowest BCUT2D eigenvalue weighted by Gasteiger charge is -2.18. The number of allylic oxidation sites excluding steroid dienone is 1. The summed E-state index contributed by atoms with van der Waals surface area (Å²) in [5.41, 5.74) is 2.16. The first-order valence-corrected chi connectivity index (χ1v) is 4.71. The number of hydrogen-bond donors (Lipinski definition) is 0. The molecule has 0 amide bonds. The molecule has 0 nitrogen and oxygen atoms in total. The highest BCUT2D eigenvalue weighted by atomic mass is 127. The molecule has 1 aliphatic rings. The normalized spacial score (nSPS) is 29.4. The molecule has 0 radical (unpaired) electrons. The topological polar surface area (TPSA) is 0 Å². The van der Waals surface area contributed by atoms with Gasteiger partial charge in [0.05, 0.1) is 0 Å². The van der Waals surface area contributed by atoms with E-state index in [0.717, 1.165) is 0 Å². The quantitative estimate of drug-likeness (QED) is 0.564. The SMILES string of the molecule is CC1(C)CCC/C1=C\I. The van der Waals surface area contributed by atoms with Crippen LogP contribution in [0.15, 0.2) is 9.66 Å². The third kappa shape index (κ3) is 1.48. The van der Waals surface area contributed by atoms with E-state index < -0.39 is 0 Å². The van der Waals surface area contributed by atoms with Gasteiger partial charge in [-0.1, -0.05) is 42.0 Å². The molecule has 0 spiro atoms. The lowest BCUT2D eigenvalue weighted by Crippen LogP contribution is -2.05. The Morgan fingerprint density at radius 2 is 2.22 bits per heavy atom. The van der Waals surface area contributed by atoms with Crippen molar-refractivity contribution in [2.24, 2.45) is 5.41 Å². The smallest absolute Gasteiger partial charge is 0.0137 e. The summed E-state index contributed by atoms with van der Waals surface area (Å²) < 4.78 is 2.25. The molecule has 0 aromatic carbocycles. The van der Waals surface area contributed by atoms with Crippen LogP contribution in [0.2, 0.25) is 0 Å². The van der Waals surface area contributed by atoms with E-state index in [1.165, 1.54) is 19.3 Å². The number of hydrogen-bond acceptors (Lipinski definition) is 0. The van der Waals surface area contributed by atoms with Gasteiger partial charge in [0.2, 0.25) is 0 Å². The van der Waals surface area contributed by atoms with Crippen molar-refractivity contribution in [2.45, 2.75) is 33.1 Å². The van der Waals surface area contributed by atoms with Crippen LogP contribution in [0.5, 0.6) is 0 Å². The van der Waals surface area contributed by atoms with Crippen molar-refractivity contribution in [2.75, 3.05) is 0 Å². The minimum Gasteiger partial charge on any atom is -0.0585 e. The summed E-state index contributed by atoms with van der Waals surface area (Å²) >= 11 is 2.35. The summed E-state index contributed by atoms with van der Waals surface area (Å²) in [6.45, 7) is 4.68. The van der Waals surface area contributed by atoms with Crippen LogP contribution in [-0.4, -0.2) is 0 Å². The molecule has 0 bridgehead atoms. The molecule has 0 aromatic heterocycles. The van der Waals surface area contributed by atoms with Gasteiger partial charge in [0.15, 0.2) is 0 Å². The third-order valence-corrected chi connectivity index (χ3v) is 3.00. The van der Waals surface area contributed by atoms with Crippen LogP contribution in [0.1, 0.15) is 33.1 Å². The van der Waals surface area contributed by atoms with E-state index in [1.807, 2.05) is 0 Å². The Morgan fingerprint density at radius 1 is 1.56 bits per heavy atom. The second-order valence-electron chi connectivity index (χ2n) is 3.37. The minimum atomic E-state index is 0.515. The molecular weight excluding hydrogens is 223 g/mol. The summed E-state index contributed by atoms with van der Waals surface area (Å²) in [6.07, 6.45) is 4.10. The summed E-state index contributed by atoms with van der Waals surface area (Å²) in [5.74, 6) is 0.